The molecule has 0 bridgehead atoms. The van der Waals surface area contributed by atoms with E-state index in [-0.39, 0.29) is 23.6 Å². The minimum absolute atomic E-state index is 0.0455. The average molecular weight is 413 g/mol. The molecule has 6 unspecified atom stereocenters. The van der Waals surface area contributed by atoms with Gasteiger partial charge in [0.2, 0.25) is 0 Å². The van der Waals surface area contributed by atoms with E-state index in [4.69, 9.17) is 0 Å². The smallest absolute Gasteiger partial charge is 0.0577 e. The Balaban J connectivity index is 2.17. The molecular weight excluding hydrogens is 364 g/mol. The zero-order valence-electron chi connectivity index (χ0n) is 20.3. The number of hydroxylamine groups is 4. The maximum atomic E-state index is 11.2. The summed E-state index contributed by atoms with van der Waals surface area (Å²) in [5.41, 5.74) is -0.812. The molecule has 2 fully saturated rings. The first-order valence-electron chi connectivity index (χ1n) is 11.9. The standard InChI is InChI=1S/C24H48N2O3/c1-9-10-18(20-13-17(2)14-21(25(20)28)22(3,4)5)11-12-24(8)16-19(27)15-23(6,7)26(24)29/h17-21,27-29H,9-16H2,1-8H3. The Kier molecular flexibility index (Phi) is 7.88. The molecule has 2 rings (SSSR count). The van der Waals surface area contributed by atoms with Gasteiger partial charge in [-0.05, 0) is 83.0 Å². The third-order valence-corrected chi connectivity index (χ3v) is 7.68. The van der Waals surface area contributed by atoms with Crippen LogP contribution < -0.4 is 0 Å². The molecule has 2 saturated heterocycles. The molecule has 0 amide bonds. The van der Waals surface area contributed by atoms with Gasteiger partial charge in [-0.25, -0.2) is 0 Å². The molecule has 0 aliphatic carbocycles. The van der Waals surface area contributed by atoms with Crippen molar-refractivity contribution in [3.8, 4) is 0 Å². The van der Waals surface area contributed by atoms with E-state index in [9.17, 15) is 15.5 Å². The molecule has 2 aliphatic heterocycles. The fourth-order valence-electron chi connectivity index (χ4n) is 6.16. The van der Waals surface area contributed by atoms with Crippen LogP contribution in [0.5, 0.6) is 0 Å². The number of rotatable bonds is 6. The van der Waals surface area contributed by atoms with Crippen LogP contribution in [0.3, 0.4) is 0 Å². The number of piperidine rings is 2. The molecule has 2 aliphatic rings. The van der Waals surface area contributed by atoms with E-state index >= 15 is 0 Å². The molecule has 6 atom stereocenters. The zero-order chi connectivity index (χ0) is 22.2. The summed E-state index contributed by atoms with van der Waals surface area (Å²) in [5.74, 6) is 0.998. The predicted octanol–water partition coefficient (Wildman–Crippen LogP) is 5.47. The van der Waals surface area contributed by atoms with Crippen molar-refractivity contribution in [2.45, 2.75) is 136 Å². The van der Waals surface area contributed by atoms with Gasteiger partial charge in [0.15, 0.2) is 0 Å². The van der Waals surface area contributed by atoms with Gasteiger partial charge in [-0.15, -0.1) is 0 Å². The van der Waals surface area contributed by atoms with Crippen LogP contribution in [-0.4, -0.2) is 54.9 Å². The molecular formula is C24H48N2O3. The Morgan fingerprint density at radius 2 is 1.66 bits per heavy atom. The molecule has 2 heterocycles. The second-order valence-electron chi connectivity index (χ2n) is 12.2. The van der Waals surface area contributed by atoms with E-state index in [1.165, 1.54) is 5.06 Å². The van der Waals surface area contributed by atoms with E-state index in [1.807, 2.05) is 13.8 Å². The highest BCUT2D eigenvalue weighted by Gasteiger charge is 2.48. The molecule has 29 heavy (non-hydrogen) atoms. The summed E-state index contributed by atoms with van der Waals surface area (Å²) >= 11 is 0. The summed E-state index contributed by atoms with van der Waals surface area (Å²) in [5, 5.41) is 35.8. The normalized spacial score (nSPS) is 38.2. The lowest BCUT2D eigenvalue weighted by Crippen LogP contribution is -2.61. The van der Waals surface area contributed by atoms with Gasteiger partial charge in [-0.2, -0.15) is 10.1 Å². The van der Waals surface area contributed by atoms with Crippen LogP contribution in [-0.2, 0) is 0 Å². The Labute approximate surface area is 179 Å². The summed E-state index contributed by atoms with van der Waals surface area (Å²) in [7, 11) is 0. The molecule has 0 spiro atoms. The SMILES string of the molecule is CCCC(CCC1(C)CC(O)CC(C)(C)N1O)C1CC(C)CC(C(C)(C)C)N1O. The molecule has 5 nitrogen and oxygen atoms in total. The van der Waals surface area contributed by atoms with Gasteiger partial charge in [0.1, 0.15) is 0 Å². The van der Waals surface area contributed by atoms with E-state index in [0.29, 0.717) is 24.7 Å². The van der Waals surface area contributed by atoms with Crippen molar-refractivity contribution in [3.05, 3.63) is 0 Å². The van der Waals surface area contributed by atoms with Gasteiger partial charge in [-0.3, -0.25) is 0 Å². The second-order valence-corrected chi connectivity index (χ2v) is 12.2. The maximum Gasteiger partial charge on any atom is 0.0577 e. The van der Waals surface area contributed by atoms with Crippen molar-refractivity contribution >= 4 is 0 Å². The van der Waals surface area contributed by atoms with Crippen molar-refractivity contribution in [2.24, 2.45) is 17.3 Å². The number of hydrogen-bond acceptors (Lipinski definition) is 5. The number of aliphatic hydroxyl groups excluding tert-OH is 1. The highest BCUT2D eigenvalue weighted by molar-refractivity contribution is 4.99. The van der Waals surface area contributed by atoms with Crippen LogP contribution in [0.15, 0.2) is 0 Å². The predicted molar refractivity (Wildman–Crippen MR) is 118 cm³/mol. The summed E-state index contributed by atoms with van der Waals surface area (Å²) in [6.07, 6.45) is 6.84. The van der Waals surface area contributed by atoms with Crippen LogP contribution in [0.1, 0.15) is 107 Å². The van der Waals surface area contributed by atoms with Crippen molar-refractivity contribution < 1.29 is 15.5 Å². The Bertz CT molecular complexity index is 533. The zero-order valence-corrected chi connectivity index (χ0v) is 20.3. The van der Waals surface area contributed by atoms with Crippen molar-refractivity contribution in [1.82, 2.24) is 10.1 Å². The highest BCUT2D eigenvalue weighted by atomic mass is 16.5. The molecule has 0 saturated carbocycles. The summed E-state index contributed by atoms with van der Waals surface area (Å²) in [6.45, 7) is 17.3. The first kappa shape index (κ1) is 25.1. The van der Waals surface area contributed by atoms with Gasteiger partial charge in [0, 0.05) is 23.2 Å². The molecule has 0 aromatic carbocycles. The third kappa shape index (κ3) is 5.74. The molecule has 172 valence electrons. The monoisotopic (exact) mass is 412 g/mol. The molecule has 0 aromatic heterocycles. The van der Waals surface area contributed by atoms with Gasteiger partial charge in [-0.1, -0.05) is 41.0 Å². The van der Waals surface area contributed by atoms with Crippen molar-refractivity contribution in [1.29, 1.82) is 0 Å². The van der Waals surface area contributed by atoms with Crippen LogP contribution in [0.2, 0.25) is 0 Å². The number of nitrogens with zero attached hydrogens (tertiary/aromatic N) is 2. The highest BCUT2D eigenvalue weighted by Crippen LogP contribution is 2.43. The number of hydrogen-bond donors (Lipinski definition) is 3. The first-order chi connectivity index (χ1) is 13.2. The minimum atomic E-state index is -0.433. The quantitative estimate of drug-likeness (QED) is 0.540. The largest absolute Gasteiger partial charge is 0.393 e. The lowest BCUT2D eigenvalue weighted by atomic mass is 9.71. The van der Waals surface area contributed by atoms with Gasteiger partial charge in [0.05, 0.1) is 6.10 Å². The second kappa shape index (κ2) is 9.12. The van der Waals surface area contributed by atoms with E-state index in [1.54, 1.807) is 5.06 Å². The first-order valence-corrected chi connectivity index (χ1v) is 11.9. The Morgan fingerprint density at radius 1 is 1.03 bits per heavy atom. The van der Waals surface area contributed by atoms with E-state index < -0.39 is 11.1 Å². The molecule has 0 radical (unpaired) electrons. The lowest BCUT2D eigenvalue weighted by molar-refractivity contribution is -0.266. The van der Waals surface area contributed by atoms with Crippen LogP contribution in [0.25, 0.3) is 0 Å². The lowest BCUT2D eigenvalue weighted by Gasteiger charge is -2.53. The molecule has 0 aromatic rings. The number of aliphatic hydroxyl groups is 1. The van der Waals surface area contributed by atoms with Gasteiger partial charge < -0.3 is 15.5 Å². The fourth-order valence-corrected chi connectivity index (χ4v) is 6.16. The third-order valence-electron chi connectivity index (χ3n) is 7.68. The van der Waals surface area contributed by atoms with Crippen LogP contribution >= 0.6 is 0 Å². The maximum absolute atomic E-state index is 11.2. The minimum Gasteiger partial charge on any atom is -0.393 e. The van der Waals surface area contributed by atoms with Crippen LogP contribution in [0.4, 0.5) is 0 Å². The molecule has 3 N–H and O–H groups in total. The summed E-state index contributed by atoms with van der Waals surface area (Å²) < 4.78 is 0. The topological polar surface area (TPSA) is 67.2 Å². The van der Waals surface area contributed by atoms with Crippen molar-refractivity contribution in [2.75, 3.05) is 0 Å². The van der Waals surface area contributed by atoms with E-state index in [0.717, 1.165) is 38.5 Å². The average Bonchev–Trinajstić information content (AvgIpc) is 2.57. The summed E-state index contributed by atoms with van der Waals surface area (Å²) in [6, 6.07) is 0.344. The molecule has 5 heteroatoms. The van der Waals surface area contributed by atoms with Gasteiger partial charge in [0.25, 0.3) is 0 Å². The van der Waals surface area contributed by atoms with Crippen LogP contribution in [0, 0.1) is 17.3 Å². The Hall–Kier alpha value is -0.200. The fraction of sp³-hybridized carbons (Fsp3) is 1.00. The van der Waals surface area contributed by atoms with Gasteiger partial charge >= 0.3 is 0 Å². The summed E-state index contributed by atoms with van der Waals surface area (Å²) in [4.78, 5) is 0. The van der Waals surface area contributed by atoms with Crippen molar-refractivity contribution in [3.63, 3.8) is 0 Å². The Morgan fingerprint density at radius 3 is 2.21 bits per heavy atom. The van der Waals surface area contributed by atoms with E-state index in [2.05, 4.69) is 41.5 Å².